The molecular formula is C35H31ClN2O6. The molecule has 4 amide bonds. The summed E-state index contributed by atoms with van der Waals surface area (Å²) in [4.78, 5) is 59.2. The van der Waals surface area contributed by atoms with Gasteiger partial charge in [-0.15, -0.1) is 0 Å². The number of aromatic hydroxyl groups is 1. The molecule has 0 radical (unpaired) electrons. The van der Waals surface area contributed by atoms with Crippen LogP contribution in [0.15, 0.2) is 78.4 Å². The number of phenols is 1. The van der Waals surface area contributed by atoms with Crippen molar-refractivity contribution in [3.63, 3.8) is 0 Å². The van der Waals surface area contributed by atoms with Gasteiger partial charge in [0.1, 0.15) is 11.5 Å². The zero-order chi connectivity index (χ0) is 31.1. The number of carbonyl (C=O) groups excluding carboxylic acids is 4. The van der Waals surface area contributed by atoms with Crippen molar-refractivity contribution in [3.8, 4) is 11.5 Å². The molecule has 224 valence electrons. The number of carbonyl (C=O) groups is 4. The van der Waals surface area contributed by atoms with Gasteiger partial charge >= 0.3 is 0 Å². The van der Waals surface area contributed by atoms with Crippen LogP contribution >= 0.6 is 11.6 Å². The predicted octanol–water partition coefficient (Wildman–Crippen LogP) is 5.80. The summed E-state index contributed by atoms with van der Waals surface area (Å²) in [6, 6.07) is 18.8. The fourth-order valence-corrected chi connectivity index (χ4v) is 8.22. The molecule has 3 fully saturated rings. The quantitative estimate of drug-likeness (QED) is 0.296. The van der Waals surface area contributed by atoms with E-state index in [0.717, 1.165) is 11.1 Å². The van der Waals surface area contributed by atoms with E-state index in [4.69, 9.17) is 16.3 Å². The molecule has 0 aromatic heterocycles. The topological polar surface area (TPSA) is 104 Å². The third kappa shape index (κ3) is 3.83. The number of nitrogens with zero attached hydrogens (tertiary/aromatic N) is 2. The zero-order valence-electron chi connectivity index (χ0n) is 24.5. The molecule has 2 saturated heterocycles. The Hall–Kier alpha value is -4.43. The highest BCUT2D eigenvalue weighted by Gasteiger charge is 2.68. The van der Waals surface area contributed by atoms with Crippen molar-refractivity contribution in [1.29, 1.82) is 0 Å². The van der Waals surface area contributed by atoms with Crippen LogP contribution in [0.25, 0.3) is 0 Å². The van der Waals surface area contributed by atoms with Gasteiger partial charge in [-0.2, -0.15) is 0 Å². The number of phenolic OH excluding ortho intramolecular Hbond substituents is 1. The lowest BCUT2D eigenvalue weighted by atomic mass is 9.51. The first-order chi connectivity index (χ1) is 21.1. The first-order valence-corrected chi connectivity index (χ1v) is 15.1. The molecule has 0 spiro atoms. The van der Waals surface area contributed by atoms with Crippen molar-refractivity contribution in [2.75, 3.05) is 16.9 Å². The summed E-state index contributed by atoms with van der Waals surface area (Å²) >= 11 is 6.38. The summed E-state index contributed by atoms with van der Waals surface area (Å²) < 4.78 is 5.49. The highest BCUT2D eigenvalue weighted by Crippen LogP contribution is 2.64. The molecule has 2 heterocycles. The normalized spacial score (nSPS) is 29.4. The molecule has 4 aliphatic rings. The first-order valence-electron chi connectivity index (χ1n) is 14.7. The molecule has 3 aromatic carbocycles. The molecule has 0 bridgehead atoms. The Bertz CT molecular complexity index is 1790. The zero-order valence-corrected chi connectivity index (χ0v) is 25.2. The van der Waals surface area contributed by atoms with Gasteiger partial charge in [0, 0.05) is 16.5 Å². The van der Waals surface area contributed by atoms with Gasteiger partial charge in [-0.25, -0.2) is 9.80 Å². The Kier molecular flexibility index (Phi) is 6.48. The molecule has 7 rings (SSSR count). The van der Waals surface area contributed by atoms with Gasteiger partial charge in [0.05, 0.1) is 41.7 Å². The monoisotopic (exact) mass is 610 g/mol. The van der Waals surface area contributed by atoms with E-state index in [2.05, 4.69) is 0 Å². The number of fused-ring (bicyclic) bond motifs is 4. The van der Waals surface area contributed by atoms with Crippen molar-refractivity contribution in [2.24, 2.45) is 29.1 Å². The molecule has 2 aliphatic heterocycles. The molecule has 9 heteroatoms. The van der Waals surface area contributed by atoms with Crippen LogP contribution in [0.2, 0.25) is 5.02 Å². The molecule has 6 unspecified atom stereocenters. The minimum atomic E-state index is -1.26. The van der Waals surface area contributed by atoms with Crippen molar-refractivity contribution < 1.29 is 29.0 Å². The smallest absolute Gasteiger partial charge is 0.241 e. The molecule has 1 saturated carbocycles. The van der Waals surface area contributed by atoms with Crippen molar-refractivity contribution in [2.45, 2.75) is 32.6 Å². The minimum Gasteiger partial charge on any atom is -0.508 e. The van der Waals surface area contributed by atoms with Crippen LogP contribution in [-0.2, 0) is 19.2 Å². The van der Waals surface area contributed by atoms with E-state index in [0.29, 0.717) is 34.1 Å². The Morgan fingerprint density at radius 2 is 1.64 bits per heavy atom. The van der Waals surface area contributed by atoms with E-state index >= 15 is 0 Å². The number of ether oxygens (including phenoxy) is 1. The summed E-state index contributed by atoms with van der Waals surface area (Å²) in [7, 11) is 1.52. The second-order valence-electron chi connectivity index (χ2n) is 12.4. The summed E-state index contributed by atoms with van der Waals surface area (Å²) in [5.41, 5.74) is 1.68. The number of para-hydroxylation sites is 1. The van der Waals surface area contributed by atoms with E-state index in [-0.39, 0.29) is 35.8 Å². The number of hydrogen-bond acceptors (Lipinski definition) is 6. The molecular weight excluding hydrogens is 580 g/mol. The maximum atomic E-state index is 14.5. The number of rotatable bonds is 4. The number of anilines is 2. The molecule has 1 N–H and O–H groups in total. The Morgan fingerprint density at radius 3 is 2.34 bits per heavy atom. The number of allylic oxidation sites excluding steroid dienone is 2. The first kappa shape index (κ1) is 28.3. The number of imide groups is 2. The molecule has 8 nitrogen and oxygen atoms in total. The number of benzene rings is 3. The largest absolute Gasteiger partial charge is 0.508 e. The number of halogens is 1. The number of amides is 4. The van der Waals surface area contributed by atoms with E-state index < -0.39 is 35.0 Å². The Balaban J connectivity index is 1.38. The third-order valence-electron chi connectivity index (χ3n) is 10.2. The van der Waals surface area contributed by atoms with Crippen molar-refractivity contribution in [1.82, 2.24) is 0 Å². The molecule has 44 heavy (non-hydrogen) atoms. The lowest BCUT2D eigenvalue weighted by Crippen LogP contribution is -2.48. The minimum absolute atomic E-state index is 0.0393. The highest BCUT2D eigenvalue weighted by molar-refractivity contribution is 6.32. The van der Waals surface area contributed by atoms with E-state index in [1.807, 2.05) is 19.1 Å². The van der Waals surface area contributed by atoms with Gasteiger partial charge in [0.2, 0.25) is 23.6 Å². The van der Waals surface area contributed by atoms with Crippen LogP contribution in [0.4, 0.5) is 11.4 Å². The lowest BCUT2D eigenvalue weighted by Gasteiger charge is -2.49. The molecule has 6 atom stereocenters. The molecule has 3 aromatic rings. The third-order valence-corrected chi connectivity index (χ3v) is 10.7. The van der Waals surface area contributed by atoms with Crippen molar-refractivity contribution in [3.05, 3.63) is 94.5 Å². The van der Waals surface area contributed by atoms with Crippen LogP contribution < -0.4 is 14.5 Å². The van der Waals surface area contributed by atoms with E-state index in [1.165, 1.54) is 23.0 Å². The Morgan fingerprint density at radius 1 is 0.886 bits per heavy atom. The second-order valence-corrected chi connectivity index (χ2v) is 12.8. The van der Waals surface area contributed by atoms with Gasteiger partial charge in [0.25, 0.3) is 0 Å². The van der Waals surface area contributed by atoms with Crippen LogP contribution in [-0.4, -0.2) is 35.8 Å². The standard InChI is InChI=1S/C35H31ClN2O6/c1-18-9-10-20(15-27(18)36)37-31(40)23-13-12-22-24(29(23)33(37)42)17-26-32(41)38(19-7-5-4-6-8-19)34(43)35(26,2)30(22)25-16-21(44-3)11-14-28(25)39/h4-12,14-16,23-24,26,29-30,39H,13,17H2,1-3H3. The predicted molar refractivity (Wildman–Crippen MR) is 164 cm³/mol. The molecule has 2 aliphatic carbocycles. The maximum Gasteiger partial charge on any atom is 0.241 e. The van der Waals surface area contributed by atoms with Gasteiger partial charge in [-0.1, -0.05) is 47.5 Å². The second kappa shape index (κ2) is 10.1. The lowest BCUT2D eigenvalue weighted by molar-refractivity contribution is -0.131. The number of hydrogen-bond donors (Lipinski definition) is 1. The van der Waals surface area contributed by atoms with Crippen LogP contribution in [0.3, 0.4) is 0 Å². The van der Waals surface area contributed by atoms with Crippen molar-refractivity contribution >= 4 is 46.6 Å². The average molecular weight is 611 g/mol. The summed E-state index contributed by atoms with van der Waals surface area (Å²) in [6.07, 6.45) is 2.47. The van der Waals surface area contributed by atoms with Gasteiger partial charge in [-0.05, 0) is 80.6 Å². The van der Waals surface area contributed by atoms with Gasteiger partial charge in [0.15, 0.2) is 0 Å². The summed E-state index contributed by atoms with van der Waals surface area (Å²) in [5, 5.41) is 11.7. The highest BCUT2D eigenvalue weighted by atomic mass is 35.5. The fraction of sp³-hybridized carbons (Fsp3) is 0.314. The Labute approximate surface area is 259 Å². The van der Waals surface area contributed by atoms with E-state index in [9.17, 15) is 24.3 Å². The summed E-state index contributed by atoms with van der Waals surface area (Å²) in [5.74, 6) is -4.29. The van der Waals surface area contributed by atoms with Gasteiger partial charge < -0.3 is 9.84 Å². The van der Waals surface area contributed by atoms with Crippen LogP contribution in [0.5, 0.6) is 11.5 Å². The fourth-order valence-electron chi connectivity index (χ4n) is 8.05. The van der Waals surface area contributed by atoms with Crippen LogP contribution in [0.1, 0.15) is 36.8 Å². The number of aryl methyl sites for hydroxylation is 1. The van der Waals surface area contributed by atoms with Gasteiger partial charge in [-0.3, -0.25) is 19.2 Å². The average Bonchev–Trinajstić information content (AvgIpc) is 3.39. The SMILES string of the molecule is COc1ccc(O)c(C2C3=CCC4C(=O)N(c5ccc(C)c(Cl)c5)C(=O)C4C3CC3C(=O)N(c4ccccc4)C(=O)C32C)c1. The summed E-state index contributed by atoms with van der Waals surface area (Å²) in [6.45, 7) is 3.64. The van der Waals surface area contributed by atoms with Crippen LogP contribution in [0, 0.1) is 36.0 Å². The maximum absolute atomic E-state index is 14.5. The van der Waals surface area contributed by atoms with E-state index in [1.54, 1.807) is 61.5 Å². The number of methoxy groups -OCH3 is 1.